The fraction of sp³-hybridized carbons (Fsp3) is 0.216. The van der Waals surface area contributed by atoms with E-state index in [0.717, 1.165) is 24.6 Å². The molecule has 0 aliphatic carbocycles. The summed E-state index contributed by atoms with van der Waals surface area (Å²) >= 11 is 0. The molecule has 5 aromatic rings. The number of benzene rings is 2. The van der Waals surface area contributed by atoms with E-state index in [1.54, 1.807) is 0 Å². The van der Waals surface area contributed by atoms with E-state index in [0.29, 0.717) is 0 Å². The fourth-order valence-electron chi connectivity index (χ4n) is 5.59. The third-order valence-electron chi connectivity index (χ3n) is 7.84. The van der Waals surface area contributed by atoms with Gasteiger partial charge in [-0.15, -0.1) is 0 Å². The molecule has 0 radical (unpaired) electrons. The minimum absolute atomic E-state index is 0.992. The molecule has 0 spiro atoms. The summed E-state index contributed by atoms with van der Waals surface area (Å²) in [4.78, 5) is 3.10. The van der Waals surface area contributed by atoms with Crippen molar-refractivity contribution in [2.75, 3.05) is 18.6 Å². The number of aromatic nitrogens is 3. The van der Waals surface area contributed by atoms with E-state index in [-0.39, 0.29) is 0 Å². The van der Waals surface area contributed by atoms with Crippen LogP contribution < -0.4 is 10.3 Å². The number of nitrogens with zero attached hydrogens (tertiary/aromatic N) is 2. The summed E-state index contributed by atoms with van der Waals surface area (Å²) in [6.45, 7) is 8.56. The number of fused-ring (bicyclic) bond motifs is 2. The number of pyridine rings is 1. The standard InChI is InChI=1S/C37H40N4S2/c1-5-30(18-21-38-4)14-16-32-28(2)40(36-12-8-6-10-34(32)36)24-26-42-43-27-25-41-29(3)33(35-11-7-9-13-37(35)41)17-15-31-19-22-39-23-20-31/h5-23,38H,24-27H2,1-4H3/p+1/b16-14+,17-15+,21-18-,30-5-. The second kappa shape index (κ2) is 15.0. The van der Waals surface area contributed by atoms with Gasteiger partial charge in [0, 0.05) is 88.1 Å². The zero-order valence-electron chi connectivity index (χ0n) is 25.5. The molecular weight excluding hydrogens is 565 g/mol. The monoisotopic (exact) mass is 605 g/mol. The summed E-state index contributed by atoms with van der Waals surface area (Å²) in [6, 6.07) is 21.7. The van der Waals surface area contributed by atoms with E-state index in [4.69, 9.17) is 0 Å². The average Bonchev–Trinajstić information content (AvgIpc) is 3.47. The number of hydrogen-bond donors (Lipinski definition) is 1. The van der Waals surface area contributed by atoms with Crippen molar-refractivity contribution in [2.45, 2.75) is 33.9 Å². The number of para-hydroxylation sites is 2. The van der Waals surface area contributed by atoms with Gasteiger partial charge in [0.05, 0.1) is 0 Å². The zero-order chi connectivity index (χ0) is 30.0. The first-order chi connectivity index (χ1) is 21.1. The van der Waals surface area contributed by atoms with Crippen LogP contribution in [0.5, 0.6) is 0 Å². The second-order valence-electron chi connectivity index (χ2n) is 10.4. The first-order valence-electron chi connectivity index (χ1n) is 14.8. The summed E-state index contributed by atoms with van der Waals surface area (Å²) in [5.74, 6) is 2.12. The summed E-state index contributed by atoms with van der Waals surface area (Å²) < 4.78 is 4.96. The molecule has 43 heavy (non-hydrogen) atoms. The maximum Gasteiger partial charge on any atom is 0.167 e. The molecule has 4 nitrogen and oxygen atoms in total. The van der Waals surface area contributed by atoms with Crippen molar-refractivity contribution in [3.63, 3.8) is 0 Å². The molecule has 0 atom stereocenters. The topological polar surface area (TPSA) is 36.0 Å². The summed E-state index contributed by atoms with van der Waals surface area (Å²) in [5, 5.41) is 5.70. The van der Waals surface area contributed by atoms with E-state index in [1.807, 2.05) is 47.2 Å². The molecule has 0 saturated heterocycles. The van der Waals surface area contributed by atoms with Gasteiger partial charge in [-0.25, -0.2) is 4.98 Å². The maximum atomic E-state index is 3.10. The molecule has 2 N–H and O–H groups in total. The van der Waals surface area contributed by atoms with Crippen molar-refractivity contribution in [1.29, 1.82) is 0 Å². The number of hydrogen-bond acceptors (Lipinski definition) is 3. The Balaban J connectivity index is 1.22. The van der Waals surface area contributed by atoms with Crippen molar-refractivity contribution in [2.24, 2.45) is 0 Å². The van der Waals surface area contributed by atoms with E-state index in [2.05, 4.69) is 137 Å². The van der Waals surface area contributed by atoms with Gasteiger partial charge in [0.2, 0.25) is 0 Å². The van der Waals surface area contributed by atoms with Gasteiger partial charge in [-0.2, -0.15) is 0 Å². The van der Waals surface area contributed by atoms with Crippen LogP contribution in [0, 0.1) is 13.8 Å². The largest absolute Gasteiger partial charge is 0.394 e. The van der Waals surface area contributed by atoms with Crippen molar-refractivity contribution < 1.29 is 4.98 Å². The molecule has 3 aromatic heterocycles. The number of aryl methyl sites for hydroxylation is 2. The molecule has 6 heteroatoms. The molecular formula is C37H41N4S2+. The Hall–Kier alpha value is -3.87. The van der Waals surface area contributed by atoms with E-state index >= 15 is 0 Å². The molecule has 0 bridgehead atoms. The van der Waals surface area contributed by atoms with Crippen LogP contribution in [-0.2, 0) is 13.1 Å². The fourth-order valence-corrected chi connectivity index (χ4v) is 7.49. The van der Waals surface area contributed by atoms with Crippen LogP contribution in [0.25, 0.3) is 40.0 Å². The Kier molecular flexibility index (Phi) is 10.7. The highest BCUT2D eigenvalue weighted by molar-refractivity contribution is 8.76. The minimum atomic E-state index is 0.992. The number of rotatable bonds is 13. The van der Waals surface area contributed by atoms with Crippen LogP contribution in [0.15, 0.2) is 103 Å². The Morgan fingerprint density at radius 1 is 0.744 bits per heavy atom. The highest BCUT2D eigenvalue weighted by atomic mass is 33.1. The van der Waals surface area contributed by atoms with Gasteiger partial charge < -0.3 is 14.5 Å². The first-order valence-corrected chi connectivity index (χ1v) is 17.3. The van der Waals surface area contributed by atoms with E-state index < -0.39 is 0 Å². The first kappa shape index (κ1) is 30.6. The SMILES string of the molecule is C/C=C(\C=C/NC)/C=C/c1c(C)n(CCSSCCn2c(C)c(/C=C/c3cc[nH+]cc3)c3ccccc32)c2ccccc12. The van der Waals surface area contributed by atoms with Crippen LogP contribution >= 0.6 is 21.6 Å². The van der Waals surface area contributed by atoms with Gasteiger partial charge in [-0.1, -0.05) is 88.4 Å². The molecule has 0 amide bonds. The van der Waals surface area contributed by atoms with Gasteiger partial charge in [-0.05, 0) is 56.3 Å². The van der Waals surface area contributed by atoms with Crippen LogP contribution in [0.3, 0.4) is 0 Å². The molecule has 5 rings (SSSR count). The van der Waals surface area contributed by atoms with Crippen LogP contribution in [0.4, 0.5) is 0 Å². The lowest BCUT2D eigenvalue weighted by molar-refractivity contribution is -0.378. The quantitative estimate of drug-likeness (QED) is 0.0827. The number of nitrogens with one attached hydrogen (secondary N) is 2. The lowest BCUT2D eigenvalue weighted by Gasteiger charge is -2.10. The third kappa shape index (κ3) is 7.20. The maximum absolute atomic E-state index is 3.10. The molecule has 2 aromatic carbocycles. The molecule has 3 heterocycles. The summed E-state index contributed by atoms with van der Waals surface area (Å²) in [5.41, 5.74) is 10.2. The van der Waals surface area contributed by atoms with Crippen LogP contribution in [0.1, 0.15) is 35.0 Å². The second-order valence-corrected chi connectivity index (χ2v) is 13.1. The van der Waals surface area contributed by atoms with E-state index in [9.17, 15) is 0 Å². The average molecular weight is 606 g/mol. The van der Waals surface area contributed by atoms with Gasteiger partial charge >= 0.3 is 0 Å². The Labute approximate surface area is 263 Å². The van der Waals surface area contributed by atoms with Crippen molar-refractivity contribution in [3.8, 4) is 0 Å². The predicted octanol–water partition coefficient (Wildman–Crippen LogP) is 8.97. The minimum Gasteiger partial charge on any atom is -0.394 e. The molecule has 0 aliphatic heterocycles. The molecule has 0 saturated carbocycles. The van der Waals surface area contributed by atoms with E-state index in [1.165, 1.54) is 55.5 Å². The predicted molar refractivity (Wildman–Crippen MR) is 191 cm³/mol. The smallest absolute Gasteiger partial charge is 0.167 e. The number of allylic oxidation sites excluding steroid dienone is 4. The lowest BCUT2D eigenvalue weighted by Crippen LogP contribution is -2.03. The Morgan fingerprint density at radius 3 is 1.86 bits per heavy atom. The van der Waals surface area contributed by atoms with Gasteiger partial charge in [0.1, 0.15) is 0 Å². The highest BCUT2D eigenvalue weighted by Crippen LogP contribution is 2.31. The highest BCUT2D eigenvalue weighted by Gasteiger charge is 2.13. The van der Waals surface area contributed by atoms with Gasteiger partial charge in [-0.3, -0.25) is 0 Å². The van der Waals surface area contributed by atoms with Crippen LogP contribution in [-0.4, -0.2) is 27.7 Å². The normalized spacial score (nSPS) is 12.6. The Bertz CT molecular complexity index is 1790. The summed E-state index contributed by atoms with van der Waals surface area (Å²) in [7, 11) is 5.87. The van der Waals surface area contributed by atoms with Crippen molar-refractivity contribution >= 4 is 61.6 Å². The molecule has 0 aliphatic rings. The van der Waals surface area contributed by atoms with Gasteiger partial charge in [0.15, 0.2) is 12.4 Å². The Morgan fingerprint density at radius 2 is 1.30 bits per heavy atom. The summed E-state index contributed by atoms with van der Waals surface area (Å²) in [6.07, 6.45) is 19.0. The molecule has 0 fully saturated rings. The van der Waals surface area contributed by atoms with Crippen molar-refractivity contribution in [1.82, 2.24) is 14.5 Å². The van der Waals surface area contributed by atoms with Gasteiger partial charge in [0.25, 0.3) is 0 Å². The number of aromatic amines is 1. The van der Waals surface area contributed by atoms with Crippen molar-refractivity contribution in [3.05, 3.63) is 131 Å². The number of H-pyrrole nitrogens is 1. The third-order valence-corrected chi connectivity index (χ3v) is 10.2. The molecule has 220 valence electrons. The lowest BCUT2D eigenvalue weighted by atomic mass is 10.1. The zero-order valence-corrected chi connectivity index (χ0v) is 27.1. The molecule has 0 unspecified atom stereocenters. The van der Waals surface area contributed by atoms with Crippen LogP contribution in [0.2, 0.25) is 0 Å².